The Morgan fingerprint density at radius 2 is 0.541 bits per heavy atom. The number of aryl methyl sites for hydroxylation is 4. The quantitative estimate of drug-likeness (QED) is 0.00905. The summed E-state index contributed by atoms with van der Waals surface area (Å²) in [5, 5.41) is 71.0. The molecule has 0 aliphatic heterocycles. The number of thiazole rings is 4. The summed E-state index contributed by atoms with van der Waals surface area (Å²) in [6, 6.07) is 71.4. The average Bonchev–Trinajstić information content (AvgIpc) is 1.69. The Labute approximate surface area is 930 Å². The van der Waals surface area contributed by atoms with Crippen LogP contribution in [0.1, 0.15) is 217 Å². The van der Waals surface area contributed by atoms with Crippen molar-refractivity contribution in [1.82, 2.24) is 19.9 Å². The number of hydrogen-bond acceptors (Lipinski definition) is 37. The number of carbonyl (C=O) groups excluding carboxylic acids is 1. The van der Waals surface area contributed by atoms with Gasteiger partial charge in [-0.15, -0.1) is 71.6 Å². The van der Waals surface area contributed by atoms with E-state index in [0.29, 0.717) is 49.7 Å². The molecule has 0 saturated heterocycles. The minimum atomic E-state index is -4.34. The predicted molar refractivity (Wildman–Crippen MR) is 599 cm³/mol. The molecule has 8 heterocycles. The molecule has 0 fully saturated rings. The number of thiophene rings is 4. The van der Waals surface area contributed by atoms with E-state index in [4.69, 9.17) is 11.5 Å². The van der Waals surface area contributed by atoms with Crippen LogP contribution in [0.25, 0.3) is 38.1 Å². The molecule has 41 heteroatoms. The number of ketones is 1. The summed E-state index contributed by atoms with van der Waals surface area (Å²) in [5.74, 6) is -1.10. The van der Waals surface area contributed by atoms with Crippen molar-refractivity contribution < 1.29 is 89.9 Å². The molecule has 754 valence electrons. The summed E-state index contributed by atoms with van der Waals surface area (Å²) >= 11 is 11.8. The van der Waals surface area contributed by atoms with Crippen LogP contribution in [0.15, 0.2) is 296 Å². The second kappa shape index (κ2) is 64.4. The predicted octanol–water partition coefficient (Wildman–Crippen LogP) is 30.8. The van der Waals surface area contributed by atoms with E-state index in [9.17, 15) is 30.7 Å². The number of rotatable bonds is 50. The summed E-state index contributed by atoms with van der Waals surface area (Å²) in [4.78, 5) is 32.6. The first-order valence-corrected chi connectivity index (χ1v) is 58.3. The van der Waals surface area contributed by atoms with Gasteiger partial charge in [0.15, 0.2) is 5.13 Å². The maximum atomic E-state index is 11.2. The van der Waals surface area contributed by atoms with Gasteiger partial charge in [-0.05, 0) is 232 Å². The zero-order valence-corrected chi connectivity index (χ0v) is 95.6. The van der Waals surface area contributed by atoms with Gasteiger partial charge in [0, 0.05) is 23.5 Å². The molecular weight excluding hydrogens is 2050 g/mol. The number of azo groups is 7. The van der Waals surface area contributed by atoms with Gasteiger partial charge >= 0.3 is 59.1 Å². The fourth-order valence-electron chi connectivity index (χ4n) is 14.3. The first-order valence-electron chi connectivity index (χ1n) is 48.6. The Kier molecular flexibility index (Phi) is 52.0. The van der Waals surface area contributed by atoms with Crippen molar-refractivity contribution in [3.63, 3.8) is 0 Å². The van der Waals surface area contributed by atoms with E-state index in [-0.39, 0.29) is 64.9 Å². The van der Waals surface area contributed by atoms with Crippen LogP contribution in [0, 0.1) is 0 Å². The second-order valence-corrected chi connectivity index (χ2v) is 44.9. The standard InChI is InChI=1S/C28H31N5OS2.C26H30N6O3S3.C25H28N6S2.C19H24N4S2.C7H9NO3S.2Na/c1-3-4-5-6-7-8-9-21-10-14-23(15-11-21)30-32-26-19-25-27(36-26)29-28(35-25)33-31-24-16-12-22(13-17-24)18-20(2)34;1-2-3-4-5-6-7-8-19-9-11-21(12-10-19)29-31-24-17-23-25(37-24)28-26(36-23)32-30-22-15-13-20(14-16-22)27-18-38(33,34)35;1-2-3-4-5-6-7-8-18-9-13-20(14-10-18)28-30-23-17-22-24(33-23)27-25(32-22)31-29-21-15-11-19(26)12-16-21;1-2-3-4-5-6-7-8-14-9-11-15(12-10-14)22-23-17-13-16-18(25-17)21-19(20)24-16;9-12(10,11)6-8-7-4-2-1-3-5-7;;/h10-17,19H,3-9,18H2,1-2H3;9-17,27H,2-8,18H2,1H3,(H,33,34,35);9-17H,2-8,26H2,1H3;9-13H,2-8H2,1H3,(H2,20,21);1-5,8H,6H2,(H,9,10,11);;/q;;;;;2*+1/p-2. The molecule has 0 aliphatic carbocycles. The minimum absolute atomic E-state index is 0. The van der Waals surface area contributed by atoms with Crippen LogP contribution < -0.4 is 81.2 Å². The van der Waals surface area contributed by atoms with E-state index in [1.54, 1.807) is 73.7 Å². The molecule has 0 saturated carbocycles. The number of carbonyl (C=O) groups is 1. The molecule has 16 aromatic rings. The van der Waals surface area contributed by atoms with Crippen LogP contribution in [0.2, 0.25) is 0 Å². The fraction of sp³-hybridized carbons (Fsp3) is 0.343. The molecule has 0 atom stereocenters. The molecule has 0 amide bonds. The topological polar surface area (TPSA) is 432 Å². The summed E-state index contributed by atoms with van der Waals surface area (Å²) in [5.41, 5.74) is 25.1. The number of hydrogen-bond donors (Lipinski definition) is 4. The molecule has 0 unspecified atom stereocenters. The van der Waals surface area contributed by atoms with Gasteiger partial charge in [0.05, 0.1) is 58.6 Å². The van der Waals surface area contributed by atoms with Gasteiger partial charge in [-0.3, -0.25) is 4.79 Å². The molecule has 8 aromatic carbocycles. The van der Waals surface area contributed by atoms with Gasteiger partial charge < -0.3 is 31.2 Å². The van der Waals surface area contributed by atoms with E-state index in [1.807, 2.05) is 109 Å². The van der Waals surface area contributed by atoms with Crippen molar-refractivity contribution in [2.75, 3.05) is 33.9 Å². The smallest absolute Gasteiger partial charge is 0.747 e. The number of nitrogen functional groups attached to an aromatic ring is 2. The first kappa shape index (κ1) is 118. The Morgan fingerprint density at radius 1 is 0.295 bits per heavy atom. The van der Waals surface area contributed by atoms with Gasteiger partial charge in [0.1, 0.15) is 77.1 Å². The molecule has 0 spiro atoms. The van der Waals surface area contributed by atoms with Crippen molar-refractivity contribution in [2.45, 2.75) is 221 Å². The van der Waals surface area contributed by atoms with Crippen molar-refractivity contribution in [2.24, 2.45) is 71.6 Å². The number of aromatic nitrogens is 4. The normalized spacial score (nSPS) is 11.7. The van der Waals surface area contributed by atoms with Crippen LogP contribution in [-0.2, 0) is 57.1 Å². The average molecular weight is 2170 g/mol. The SMILES string of the molecule is CCCCCCCCc1ccc(N=Nc2cc3sc(N)nc3s2)cc1.CCCCCCCCc1ccc(N=Nc2cc3sc(N=Nc4ccc(CC(C)=O)cc4)nc3s2)cc1.CCCCCCCCc1ccc(N=Nc2cc3sc(N=Nc4ccc(N)cc4)nc3s2)cc1.CCCCCCCCc1ccc(N=Nc2cc3sc(N=Nc4ccc(NCS(=O)(=O)[O-])cc4)nc3s2)cc1.O=S(=O)([O-])CNc1ccccc1.[Na+].[Na+]. The van der Waals surface area contributed by atoms with Crippen LogP contribution in [0.4, 0.5) is 97.4 Å². The Hall–Kier alpha value is -9.99. The van der Waals surface area contributed by atoms with E-state index >= 15 is 0 Å². The van der Waals surface area contributed by atoms with E-state index in [0.717, 1.165) is 123 Å². The van der Waals surface area contributed by atoms with Crippen LogP contribution in [0.3, 0.4) is 0 Å². The van der Waals surface area contributed by atoms with Gasteiger partial charge in [-0.2, -0.15) is 0 Å². The third-order valence-electron chi connectivity index (χ3n) is 21.9. The maximum absolute atomic E-state index is 11.2. The van der Waals surface area contributed by atoms with Gasteiger partial charge in [0.25, 0.3) is 0 Å². The Bertz CT molecular complexity index is 6930. The molecule has 6 N–H and O–H groups in total. The number of nitrogens with zero attached hydrogens (tertiary/aromatic N) is 18. The number of nitrogens with one attached hydrogen (secondary N) is 2. The van der Waals surface area contributed by atoms with Gasteiger partial charge in [-0.25, -0.2) is 36.8 Å². The molecular formula is C105H120N22Na2O7S10. The summed E-state index contributed by atoms with van der Waals surface area (Å²) < 4.78 is 66.8. The molecule has 146 heavy (non-hydrogen) atoms. The van der Waals surface area contributed by atoms with Crippen LogP contribution in [0.5, 0.6) is 0 Å². The maximum Gasteiger partial charge on any atom is 1.00 e. The molecule has 0 radical (unpaired) electrons. The first-order chi connectivity index (χ1) is 70.0. The van der Waals surface area contributed by atoms with Crippen LogP contribution >= 0.6 is 90.7 Å². The summed E-state index contributed by atoms with van der Waals surface area (Å²) in [6.07, 6.45) is 36.6. The number of unbranched alkanes of at least 4 members (excludes halogenated alkanes) is 20. The van der Waals surface area contributed by atoms with Crippen LogP contribution in [-0.4, -0.2) is 63.4 Å². The molecule has 29 nitrogen and oxygen atoms in total. The number of nitrogens with two attached hydrogens (primary N) is 2. The number of benzene rings is 8. The number of para-hydroxylation sites is 1. The number of Topliss-reactive ketones (excluding diaryl/α,β-unsaturated/α-hetero) is 1. The fourth-order valence-corrected chi connectivity index (χ4v) is 22.4. The molecule has 0 bridgehead atoms. The van der Waals surface area contributed by atoms with E-state index in [1.165, 1.54) is 267 Å². The molecule has 8 aromatic heterocycles. The zero-order chi connectivity index (χ0) is 101. The largest absolute Gasteiger partial charge is 1.00 e. The number of fused-ring (bicyclic) bond motifs is 4. The molecule has 16 rings (SSSR count). The Morgan fingerprint density at radius 3 is 0.815 bits per heavy atom. The van der Waals surface area contributed by atoms with Crippen molar-refractivity contribution in [1.29, 1.82) is 0 Å². The summed E-state index contributed by atoms with van der Waals surface area (Å²) in [6.45, 7) is 10.6. The van der Waals surface area contributed by atoms with E-state index < -0.39 is 32.0 Å². The Balaban J connectivity index is 0.000000192. The van der Waals surface area contributed by atoms with Crippen molar-refractivity contribution in [3.8, 4) is 0 Å². The third kappa shape index (κ3) is 44.4. The van der Waals surface area contributed by atoms with E-state index in [2.05, 4.69) is 178 Å². The van der Waals surface area contributed by atoms with Crippen molar-refractivity contribution >= 4 is 252 Å². The molecule has 0 aliphatic rings. The zero-order valence-electron chi connectivity index (χ0n) is 83.4. The summed E-state index contributed by atoms with van der Waals surface area (Å²) in [7, 11) is -8.52. The minimum Gasteiger partial charge on any atom is -0.747 e. The monoisotopic (exact) mass is 2170 g/mol. The third-order valence-corrected chi connectivity index (χ3v) is 30.6. The number of anilines is 4. The van der Waals surface area contributed by atoms with Gasteiger partial charge in [-0.1, -0.05) is 326 Å². The van der Waals surface area contributed by atoms with Gasteiger partial charge in [0.2, 0.25) is 15.4 Å². The van der Waals surface area contributed by atoms with Crippen molar-refractivity contribution in [3.05, 3.63) is 252 Å². The second-order valence-electron chi connectivity index (χ2n) is 34.0.